The molecule has 1 fully saturated rings. The molecular weight excluding hydrogens is 327 g/mol. The zero-order valence-corrected chi connectivity index (χ0v) is 14.3. The summed E-state index contributed by atoms with van der Waals surface area (Å²) in [5.41, 5.74) is 2.74. The van der Waals surface area contributed by atoms with Gasteiger partial charge in [0.05, 0.1) is 0 Å². The number of carbonyl (C=O) groups excluding carboxylic acids is 1. The van der Waals surface area contributed by atoms with Crippen molar-refractivity contribution < 1.29 is 9.18 Å². The predicted molar refractivity (Wildman–Crippen MR) is 93.5 cm³/mol. The molecule has 0 atom stereocenters. The second kappa shape index (κ2) is 7.32. The van der Waals surface area contributed by atoms with Gasteiger partial charge in [-0.3, -0.25) is 9.69 Å². The van der Waals surface area contributed by atoms with Gasteiger partial charge >= 0.3 is 0 Å². The highest BCUT2D eigenvalue weighted by atomic mass is 35.5. The topological polar surface area (TPSA) is 32.3 Å². The van der Waals surface area contributed by atoms with Gasteiger partial charge in [-0.15, -0.1) is 0 Å². The molecule has 0 aliphatic heterocycles. The molecule has 126 valence electrons. The van der Waals surface area contributed by atoms with Gasteiger partial charge < -0.3 is 5.32 Å². The number of rotatable bonds is 6. The highest BCUT2D eigenvalue weighted by Gasteiger charge is 2.29. The van der Waals surface area contributed by atoms with E-state index in [0.717, 1.165) is 17.7 Å². The number of hydrogen-bond donors (Lipinski definition) is 1. The Balaban J connectivity index is 1.71. The third-order valence-corrected chi connectivity index (χ3v) is 4.63. The first-order valence-electron chi connectivity index (χ1n) is 8.06. The van der Waals surface area contributed by atoms with Crippen molar-refractivity contribution in [2.45, 2.75) is 32.0 Å². The summed E-state index contributed by atoms with van der Waals surface area (Å²) in [6.45, 7) is 1.48. The molecule has 1 N–H and O–H groups in total. The molecule has 2 aromatic carbocycles. The minimum absolute atomic E-state index is 0.0845. The lowest BCUT2D eigenvalue weighted by Crippen LogP contribution is -2.25. The average Bonchev–Trinajstić information content (AvgIpc) is 3.41. The Kier molecular flexibility index (Phi) is 5.17. The van der Waals surface area contributed by atoms with Crippen LogP contribution < -0.4 is 5.32 Å². The average molecular weight is 347 g/mol. The summed E-state index contributed by atoms with van der Waals surface area (Å²) in [6, 6.07) is 12.7. The number of halogens is 2. The summed E-state index contributed by atoms with van der Waals surface area (Å²) in [4.78, 5) is 14.0. The van der Waals surface area contributed by atoms with E-state index in [9.17, 15) is 9.18 Å². The van der Waals surface area contributed by atoms with Crippen LogP contribution in [0.1, 0.15) is 34.3 Å². The Morgan fingerprint density at radius 2 is 1.92 bits per heavy atom. The lowest BCUT2D eigenvalue weighted by Gasteiger charge is -2.23. The molecule has 0 bridgehead atoms. The third-order valence-electron chi connectivity index (χ3n) is 4.28. The van der Waals surface area contributed by atoms with Crippen LogP contribution in [-0.4, -0.2) is 23.9 Å². The van der Waals surface area contributed by atoms with Crippen molar-refractivity contribution in [1.82, 2.24) is 10.2 Å². The van der Waals surface area contributed by atoms with Crippen molar-refractivity contribution in [3.63, 3.8) is 0 Å². The van der Waals surface area contributed by atoms with Crippen LogP contribution in [-0.2, 0) is 13.1 Å². The lowest BCUT2D eigenvalue weighted by atomic mass is 10.1. The Labute approximate surface area is 146 Å². The summed E-state index contributed by atoms with van der Waals surface area (Å²) in [5, 5.41) is 3.09. The van der Waals surface area contributed by atoms with Crippen molar-refractivity contribution in [2.75, 3.05) is 7.05 Å². The molecule has 24 heavy (non-hydrogen) atoms. The van der Waals surface area contributed by atoms with Crippen molar-refractivity contribution in [2.24, 2.45) is 0 Å². The normalized spacial score (nSPS) is 14.0. The summed E-state index contributed by atoms with van der Waals surface area (Å²) < 4.78 is 13.2. The molecule has 3 rings (SSSR count). The monoisotopic (exact) mass is 346 g/mol. The van der Waals surface area contributed by atoms with E-state index >= 15 is 0 Å². The molecule has 0 unspecified atom stereocenters. The van der Waals surface area contributed by atoms with E-state index in [0.29, 0.717) is 23.2 Å². The molecule has 0 saturated heterocycles. The van der Waals surface area contributed by atoms with Crippen molar-refractivity contribution in [3.05, 3.63) is 70.0 Å². The molecule has 0 radical (unpaired) electrons. The van der Waals surface area contributed by atoms with Crippen molar-refractivity contribution in [1.29, 1.82) is 0 Å². The smallest absolute Gasteiger partial charge is 0.251 e. The molecule has 1 saturated carbocycles. The van der Waals surface area contributed by atoms with Crippen LogP contribution in [0.3, 0.4) is 0 Å². The number of amides is 1. The molecule has 3 nitrogen and oxygen atoms in total. The standard InChI is InChI=1S/C19H20ClFN2O/c1-22-19(24)14-4-2-13(3-5-14)11-23(17-8-9-17)12-15-6-7-16(21)10-18(15)20/h2-7,10,17H,8-9,11-12H2,1H3,(H,22,24). The first kappa shape index (κ1) is 16.9. The zero-order valence-electron chi connectivity index (χ0n) is 13.6. The summed E-state index contributed by atoms with van der Waals surface area (Å²) in [6.07, 6.45) is 2.35. The van der Waals surface area contributed by atoms with Gasteiger partial charge in [0.2, 0.25) is 0 Å². The molecule has 5 heteroatoms. The van der Waals surface area contributed by atoms with Gasteiger partial charge in [0.25, 0.3) is 5.91 Å². The Hall–Kier alpha value is -1.91. The van der Waals surface area contributed by atoms with Gasteiger partial charge in [-0.25, -0.2) is 4.39 Å². The van der Waals surface area contributed by atoms with Crippen molar-refractivity contribution >= 4 is 17.5 Å². The number of nitrogens with zero attached hydrogens (tertiary/aromatic N) is 1. The SMILES string of the molecule is CNC(=O)c1ccc(CN(Cc2ccc(F)cc2Cl)C2CC2)cc1. The fourth-order valence-electron chi connectivity index (χ4n) is 2.76. The van der Waals surface area contributed by atoms with Crippen LogP contribution in [0.15, 0.2) is 42.5 Å². The van der Waals surface area contributed by atoms with Gasteiger partial charge in [0.1, 0.15) is 5.82 Å². The molecule has 1 amide bonds. The van der Waals surface area contributed by atoms with Gasteiger partial charge in [-0.05, 0) is 48.2 Å². The van der Waals surface area contributed by atoms with E-state index in [4.69, 9.17) is 11.6 Å². The number of benzene rings is 2. The summed E-state index contributed by atoms with van der Waals surface area (Å²) in [5.74, 6) is -0.398. The van der Waals surface area contributed by atoms with Gasteiger partial charge in [0, 0.05) is 36.8 Å². The van der Waals surface area contributed by atoms with Crippen LogP contribution in [0.5, 0.6) is 0 Å². The number of carbonyl (C=O) groups is 1. The lowest BCUT2D eigenvalue weighted by molar-refractivity contribution is 0.0963. The molecule has 0 heterocycles. The summed E-state index contributed by atoms with van der Waals surface area (Å²) >= 11 is 6.16. The van der Waals surface area contributed by atoms with E-state index in [2.05, 4.69) is 10.2 Å². The Morgan fingerprint density at radius 3 is 2.50 bits per heavy atom. The van der Waals surface area contributed by atoms with Crippen LogP contribution in [0, 0.1) is 5.82 Å². The molecule has 2 aromatic rings. The second-order valence-corrected chi connectivity index (χ2v) is 6.56. The fourth-order valence-corrected chi connectivity index (χ4v) is 2.99. The maximum atomic E-state index is 13.2. The fraction of sp³-hybridized carbons (Fsp3) is 0.316. The Bertz CT molecular complexity index is 729. The van der Waals surface area contributed by atoms with E-state index in [1.165, 1.54) is 25.0 Å². The first-order chi connectivity index (χ1) is 11.6. The quantitative estimate of drug-likeness (QED) is 0.857. The van der Waals surface area contributed by atoms with Crippen LogP contribution >= 0.6 is 11.6 Å². The van der Waals surface area contributed by atoms with Gasteiger partial charge in [-0.1, -0.05) is 29.8 Å². The van der Waals surface area contributed by atoms with E-state index in [1.54, 1.807) is 13.1 Å². The van der Waals surface area contributed by atoms with Gasteiger partial charge in [-0.2, -0.15) is 0 Å². The molecular formula is C19H20ClFN2O. The maximum absolute atomic E-state index is 13.2. The van der Waals surface area contributed by atoms with E-state index in [1.807, 2.05) is 24.3 Å². The van der Waals surface area contributed by atoms with Gasteiger partial charge in [0.15, 0.2) is 0 Å². The molecule has 1 aliphatic rings. The molecule has 0 aromatic heterocycles. The molecule has 1 aliphatic carbocycles. The Morgan fingerprint density at radius 1 is 1.21 bits per heavy atom. The van der Waals surface area contributed by atoms with Crippen LogP contribution in [0.25, 0.3) is 0 Å². The second-order valence-electron chi connectivity index (χ2n) is 6.15. The largest absolute Gasteiger partial charge is 0.355 e. The van der Waals surface area contributed by atoms with E-state index < -0.39 is 0 Å². The minimum Gasteiger partial charge on any atom is -0.355 e. The zero-order chi connectivity index (χ0) is 17.1. The van der Waals surface area contributed by atoms with Crippen molar-refractivity contribution in [3.8, 4) is 0 Å². The third kappa shape index (κ3) is 4.13. The van der Waals surface area contributed by atoms with Crippen LogP contribution in [0.2, 0.25) is 5.02 Å². The highest BCUT2D eigenvalue weighted by Crippen LogP contribution is 2.31. The summed E-state index contributed by atoms with van der Waals surface area (Å²) in [7, 11) is 1.62. The molecule has 0 spiro atoms. The van der Waals surface area contributed by atoms with Crippen LogP contribution in [0.4, 0.5) is 4.39 Å². The number of nitrogens with one attached hydrogen (secondary N) is 1. The van der Waals surface area contributed by atoms with E-state index in [-0.39, 0.29) is 11.7 Å². The predicted octanol–water partition coefficient (Wildman–Crippen LogP) is 4.00. The minimum atomic E-state index is -0.313. The number of hydrogen-bond acceptors (Lipinski definition) is 2. The highest BCUT2D eigenvalue weighted by molar-refractivity contribution is 6.31. The first-order valence-corrected chi connectivity index (χ1v) is 8.43. The maximum Gasteiger partial charge on any atom is 0.251 e.